The fourth-order valence-electron chi connectivity index (χ4n) is 3.69. The summed E-state index contributed by atoms with van der Waals surface area (Å²) >= 11 is 1.94. The Morgan fingerprint density at radius 1 is 1.07 bits per heavy atom. The summed E-state index contributed by atoms with van der Waals surface area (Å²) in [7, 11) is 0. The van der Waals surface area contributed by atoms with Crippen molar-refractivity contribution in [2.24, 2.45) is 0 Å². The number of thioether (sulfide) groups is 1. The zero-order valence-corrected chi connectivity index (χ0v) is 17.1. The van der Waals surface area contributed by atoms with Crippen molar-refractivity contribution in [3.8, 4) is 11.4 Å². The van der Waals surface area contributed by atoms with Gasteiger partial charge in [0.1, 0.15) is 17.3 Å². The lowest BCUT2D eigenvalue weighted by Gasteiger charge is -2.26. The number of nitrogens with zero attached hydrogens (tertiary/aromatic N) is 5. The van der Waals surface area contributed by atoms with Crippen LogP contribution in [0.1, 0.15) is 38.0 Å². The lowest BCUT2D eigenvalue weighted by Crippen LogP contribution is -2.13. The monoisotopic (exact) mass is 377 g/mol. The highest BCUT2D eigenvalue weighted by Gasteiger charge is 2.25. The van der Waals surface area contributed by atoms with E-state index in [1.807, 2.05) is 38.0 Å². The molecule has 0 unspecified atom stereocenters. The van der Waals surface area contributed by atoms with Gasteiger partial charge in [-0.25, -0.2) is 19.9 Å². The van der Waals surface area contributed by atoms with Gasteiger partial charge in [0, 0.05) is 34.3 Å². The molecule has 0 aliphatic rings. The fraction of sp³-hybridized carbons (Fsp3) is 0.333. The molecule has 0 saturated heterocycles. The normalized spacial score (nSPS) is 12.2. The molecule has 3 heterocycles. The quantitative estimate of drug-likeness (QED) is 0.504. The Hall–Kier alpha value is -2.47. The number of benzene rings is 1. The maximum atomic E-state index is 4.65. The highest BCUT2D eigenvalue weighted by Crippen LogP contribution is 2.42. The lowest BCUT2D eigenvalue weighted by atomic mass is 9.94. The smallest absolute Gasteiger partial charge is 0.165 e. The number of rotatable bonds is 4. The predicted molar refractivity (Wildman–Crippen MR) is 112 cm³/mol. The van der Waals surface area contributed by atoms with Crippen LogP contribution in [0.25, 0.3) is 27.8 Å². The van der Waals surface area contributed by atoms with Gasteiger partial charge in [-0.3, -0.25) is 0 Å². The van der Waals surface area contributed by atoms with Crippen molar-refractivity contribution in [3.63, 3.8) is 0 Å². The van der Waals surface area contributed by atoms with Crippen molar-refractivity contribution in [1.29, 1.82) is 0 Å². The summed E-state index contributed by atoms with van der Waals surface area (Å²) in [5, 5.41) is 2.29. The van der Waals surface area contributed by atoms with Gasteiger partial charge in [0.05, 0.1) is 0 Å². The summed E-state index contributed by atoms with van der Waals surface area (Å²) in [5.74, 6) is 3.22. The second kappa shape index (κ2) is 6.60. The van der Waals surface area contributed by atoms with Crippen LogP contribution >= 0.6 is 11.8 Å². The molecule has 1 aromatic carbocycles. The SMILES string of the molecule is CCSC(C)(C)c1cccc2c(-c3nc(C)nc(C)n3)cn3ccnc3c12. The van der Waals surface area contributed by atoms with Crippen LogP contribution in [0.5, 0.6) is 0 Å². The Balaban J connectivity index is 2.12. The molecule has 0 radical (unpaired) electrons. The van der Waals surface area contributed by atoms with Crippen molar-refractivity contribution in [3.05, 3.63) is 54.0 Å². The van der Waals surface area contributed by atoms with E-state index in [9.17, 15) is 0 Å². The van der Waals surface area contributed by atoms with Gasteiger partial charge in [0.25, 0.3) is 0 Å². The fourth-order valence-corrected chi connectivity index (χ4v) is 4.74. The van der Waals surface area contributed by atoms with Gasteiger partial charge in [0.15, 0.2) is 5.82 Å². The van der Waals surface area contributed by atoms with Gasteiger partial charge >= 0.3 is 0 Å². The topological polar surface area (TPSA) is 56.0 Å². The molecule has 0 fully saturated rings. The second-order valence-electron chi connectivity index (χ2n) is 7.13. The number of hydrogen-bond donors (Lipinski definition) is 0. The maximum absolute atomic E-state index is 4.65. The van der Waals surface area contributed by atoms with Crippen LogP contribution in [-0.2, 0) is 4.75 Å². The van der Waals surface area contributed by atoms with Crippen molar-refractivity contribution in [2.75, 3.05) is 5.75 Å². The summed E-state index contributed by atoms with van der Waals surface area (Å²) < 4.78 is 2.05. The molecule has 0 atom stereocenters. The van der Waals surface area contributed by atoms with Gasteiger partial charge in [-0.2, -0.15) is 11.8 Å². The Bertz CT molecular complexity index is 1130. The molecule has 0 saturated carbocycles. The van der Waals surface area contributed by atoms with Gasteiger partial charge in [0.2, 0.25) is 0 Å². The molecule has 4 rings (SSSR count). The zero-order valence-electron chi connectivity index (χ0n) is 16.3. The van der Waals surface area contributed by atoms with Crippen molar-refractivity contribution in [2.45, 2.75) is 39.4 Å². The molecule has 0 N–H and O–H groups in total. The Kier molecular flexibility index (Phi) is 4.38. The number of fused-ring (bicyclic) bond motifs is 3. The van der Waals surface area contributed by atoms with E-state index >= 15 is 0 Å². The summed E-state index contributed by atoms with van der Waals surface area (Å²) in [6, 6.07) is 6.48. The minimum atomic E-state index is -0.0236. The molecule has 5 nitrogen and oxygen atoms in total. The molecular formula is C21H23N5S. The predicted octanol–water partition coefficient (Wildman–Crippen LogP) is 4.94. The van der Waals surface area contributed by atoms with E-state index in [-0.39, 0.29) is 4.75 Å². The first-order chi connectivity index (χ1) is 12.9. The van der Waals surface area contributed by atoms with E-state index in [0.717, 1.165) is 34.0 Å². The van der Waals surface area contributed by atoms with Crippen LogP contribution in [0.15, 0.2) is 36.8 Å². The van der Waals surface area contributed by atoms with Crippen molar-refractivity contribution in [1.82, 2.24) is 24.3 Å². The molecule has 0 aliphatic heterocycles. The highest BCUT2D eigenvalue weighted by atomic mass is 32.2. The molecule has 3 aromatic heterocycles. The number of aromatic nitrogens is 5. The molecular weight excluding hydrogens is 354 g/mol. The first-order valence-electron chi connectivity index (χ1n) is 9.13. The molecule has 0 spiro atoms. The first-order valence-corrected chi connectivity index (χ1v) is 10.1. The van der Waals surface area contributed by atoms with E-state index in [0.29, 0.717) is 5.82 Å². The van der Waals surface area contributed by atoms with Crippen molar-refractivity contribution >= 4 is 28.2 Å². The second-order valence-corrected chi connectivity index (χ2v) is 9.01. The van der Waals surface area contributed by atoms with E-state index in [1.165, 1.54) is 10.9 Å². The largest absolute Gasteiger partial charge is 0.306 e. The summed E-state index contributed by atoms with van der Waals surface area (Å²) in [5.41, 5.74) is 3.26. The van der Waals surface area contributed by atoms with Crippen LogP contribution in [0, 0.1) is 13.8 Å². The lowest BCUT2D eigenvalue weighted by molar-refractivity contribution is 0.791. The Morgan fingerprint density at radius 3 is 2.52 bits per heavy atom. The average Bonchev–Trinajstić information content (AvgIpc) is 3.08. The molecule has 0 bridgehead atoms. The Labute approximate surface area is 163 Å². The molecule has 4 aromatic rings. The van der Waals surface area contributed by atoms with Crippen LogP contribution in [-0.4, -0.2) is 30.1 Å². The van der Waals surface area contributed by atoms with Gasteiger partial charge < -0.3 is 4.40 Å². The highest BCUT2D eigenvalue weighted by molar-refractivity contribution is 8.00. The number of hydrogen-bond acceptors (Lipinski definition) is 5. The average molecular weight is 378 g/mol. The van der Waals surface area contributed by atoms with Crippen LogP contribution in [0.3, 0.4) is 0 Å². The maximum Gasteiger partial charge on any atom is 0.165 e. The summed E-state index contributed by atoms with van der Waals surface area (Å²) in [6.45, 7) is 10.6. The Morgan fingerprint density at radius 2 is 1.81 bits per heavy atom. The van der Waals surface area contributed by atoms with Crippen LogP contribution < -0.4 is 0 Å². The molecule has 27 heavy (non-hydrogen) atoms. The number of aryl methyl sites for hydroxylation is 2. The van der Waals surface area contributed by atoms with Gasteiger partial charge in [-0.15, -0.1) is 0 Å². The third kappa shape index (κ3) is 3.08. The minimum Gasteiger partial charge on any atom is -0.306 e. The van der Waals surface area contributed by atoms with Gasteiger partial charge in [-0.05, 0) is 44.4 Å². The number of imidazole rings is 1. The third-order valence-corrected chi connectivity index (χ3v) is 6.00. The zero-order chi connectivity index (χ0) is 19.2. The third-order valence-electron chi connectivity index (χ3n) is 4.77. The molecule has 138 valence electrons. The van der Waals surface area contributed by atoms with E-state index in [1.54, 1.807) is 0 Å². The standard InChI is InChI=1S/C21H23N5S/c1-6-27-21(4,5)17-9-7-8-15-16(19-24-13(2)23-14(3)25-19)12-26-11-10-22-20(26)18(15)17/h7-12H,6H2,1-5H3. The van der Waals surface area contributed by atoms with Gasteiger partial charge in [-0.1, -0.05) is 25.1 Å². The van der Waals surface area contributed by atoms with E-state index < -0.39 is 0 Å². The minimum absolute atomic E-state index is 0.0236. The first kappa shape index (κ1) is 17.9. The van der Waals surface area contributed by atoms with E-state index in [2.05, 4.69) is 69.5 Å². The molecule has 0 aliphatic carbocycles. The van der Waals surface area contributed by atoms with Crippen molar-refractivity contribution < 1.29 is 0 Å². The summed E-state index contributed by atoms with van der Waals surface area (Å²) in [6.07, 6.45) is 5.90. The molecule has 0 amide bonds. The van der Waals surface area contributed by atoms with Crippen LogP contribution in [0.4, 0.5) is 0 Å². The number of pyridine rings is 1. The van der Waals surface area contributed by atoms with E-state index in [4.69, 9.17) is 0 Å². The van der Waals surface area contributed by atoms with Crippen LogP contribution in [0.2, 0.25) is 0 Å². The molecule has 6 heteroatoms. The summed E-state index contributed by atoms with van der Waals surface area (Å²) in [4.78, 5) is 18.2.